The van der Waals surface area contributed by atoms with Gasteiger partial charge in [0, 0.05) is 16.4 Å². The molecule has 440 valence electrons. The Labute approximate surface area is 450 Å². The van der Waals surface area contributed by atoms with E-state index in [-0.39, 0.29) is 18.4 Å². The number of ether oxygens (including phenoxy) is 8. The van der Waals surface area contributed by atoms with E-state index < -0.39 is 187 Å². The first-order valence-corrected chi connectivity index (χ1v) is 27.6. The Morgan fingerprint density at radius 1 is 0.740 bits per heavy atom. The third kappa shape index (κ3) is 9.60. The van der Waals surface area contributed by atoms with Gasteiger partial charge in [-0.05, 0) is 92.8 Å². The van der Waals surface area contributed by atoms with Crippen LogP contribution in [0, 0.1) is 50.2 Å². The first-order chi connectivity index (χ1) is 36.0. The van der Waals surface area contributed by atoms with E-state index in [9.17, 15) is 70.9 Å². The summed E-state index contributed by atoms with van der Waals surface area (Å²) in [4.78, 5) is 26.7. The van der Waals surface area contributed by atoms with Gasteiger partial charge in [-0.2, -0.15) is 0 Å². The van der Waals surface area contributed by atoms with Crippen LogP contribution in [0.3, 0.4) is 0 Å². The van der Waals surface area contributed by atoms with Gasteiger partial charge in [0.05, 0.1) is 50.2 Å². The molecule has 4 saturated carbocycles. The van der Waals surface area contributed by atoms with Crippen molar-refractivity contribution in [3.8, 4) is 0 Å². The molecule has 22 heteroatoms. The zero-order valence-electron chi connectivity index (χ0n) is 46.1. The van der Waals surface area contributed by atoms with Crippen molar-refractivity contribution < 1.29 is 109 Å². The van der Waals surface area contributed by atoms with Crippen molar-refractivity contribution in [3.63, 3.8) is 0 Å². The first kappa shape index (κ1) is 60.8. The second-order valence-electron chi connectivity index (χ2n) is 25.5. The first-order valence-electron chi connectivity index (χ1n) is 27.6. The van der Waals surface area contributed by atoms with Gasteiger partial charge in [0.2, 0.25) is 0 Å². The molecule has 3 aliphatic heterocycles. The lowest BCUT2D eigenvalue weighted by atomic mass is 9.32. The lowest BCUT2D eigenvalue weighted by Crippen LogP contribution is -2.76. The standard InChI is InChI=1S/C55H88O22/c1-11-19-70-46(69)40-36(63)39(75-48-35(62)33(60)38(28(21-56)72-48)74-47-34(61)32(59)27(58)22-71-47)37(64)49(76-40)73-31-16-17-52(8)29(51(31,6)7)15-18-53(9)30(52)14-13-25-26-20-50(4,5)44(77-45(68)24(3)12-2)43(67)55(26,23-57)42(66)41(65)54(25,53)10/h12-13,26-44,47-49,56-67H,11,14-23H2,1-10H3/b24-12+/t26-,27+,28+,29-,30+,31-,32-,33+,34+,35+,36-,37+,38+,39-,40-,41-,42+,43-,44-,47-,48-,49+,52-,53+,54-,55-/m0/s1. The van der Waals surface area contributed by atoms with Crippen LogP contribution in [0.4, 0.5) is 0 Å². The molecular formula is C55H88O22. The molecule has 7 fully saturated rings. The van der Waals surface area contributed by atoms with Gasteiger partial charge in [-0.15, -0.1) is 0 Å². The number of carbonyl (C=O) groups is 2. The van der Waals surface area contributed by atoms with Crippen LogP contribution in [0.15, 0.2) is 23.3 Å². The molecule has 22 nitrogen and oxygen atoms in total. The molecule has 0 radical (unpaired) electrons. The molecular weight excluding hydrogens is 1010 g/mol. The summed E-state index contributed by atoms with van der Waals surface area (Å²) >= 11 is 0. The van der Waals surface area contributed by atoms with Crippen LogP contribution >= 0.6 is 0 Å². The Kier molecular flexibility index (Phi) is 17.5. The molecule has 0 bridgehead atoms. The third-order valence-electron chi connectivity index (χ3n) is 20.8. The van der Waals surface area contributed by atoms with E-state index >= 15 is 0 Å². The molecule has 77 heavy (non-hydrogen) atoms. The molecule has 12 N–H and O–H groups in total. The highest BCUT2D eigenvalue weighted by Gasteiger charge is 2.75. The molecule has 3 saturated heterocycles. The number of aliphatic hydroxyl groups is 12. The van der Waals surface area contributed by atoms with Crippen molar-refractivity contribution in [2.45, 2.75) is 231 Å². The van der Waals surface area contributed by atoms with E-state index in [2.05, 4.69) is 33.8 Å². The molecule has 26 atom stereocenters. The minimum Gasteiger partial charge on any atom is -0.464 e. The third-order valence-corrected chi connectivity index (χ3v) is 20.8. The van der Waals surface area contributed by atoms with Gasteiger partial charge < -0.3 is 99.2 Å². The van der Waals surface area contributed by atoms with Crippen molar-refractivity contribution in [1.29, 1.82) is 0 Å². The lowest BCUT2D eigenvalue weighted by Gasteiger charge is -2.73. The molecule has 0 aromatic heterocycles. The maximum absolute atomic E-state index is 13.6. The monoisotopic (exact) mass is 1100 g/mol. The number of fused-ring (bicyclic) bond motifs is 7. The number of hydrogen-bond donors (Lipinski definition) is 12. The predicted molar refractivity (Wildman–Crippen MR) is 267 cm³/mol. The molecule has 0 spiro atoms. The van der Waals surface area contributed by atoms with E-state index in [0.717, 1.165) is 5.57 Å². The Hall–Kier alpha value is -2.30. The maximum atomic E-state index is 13.6. The molecule has 0 aromatic carbocycles. The summed E-state index contributed by atoms with van der Waals surface area (Å²) in [5.41, 5.74) is -3.96. The maximum Gasteiger partial charge on any atom is 0.338 e. The molecule has 3 heterocycles. The number of hydrogen-bond acceptors (Lipinski definition) is 22. The van der Waals surface area contributed by atoms with E-state index in [0.29, 0.717) is 50.5 Å². The Balaban J connectivity index is 1.03. The molecule has 8 aliphatic rings. The van der Waals surface area contributed by atoms with Crippen LogP contribution in [0.5, 0.6) is 0 Å². The van der Waals surface area contributed by atoms with E-state index in [1.54, 1.807) is 26.8 Å². The van der Waals surface area contributed by atoms with Gasteiger partial charge in [0.25, 0.3) is 0 Å². The second-order valence-corrected chi connectivity index (χ2v) is 25.5. The van der Waals surface area contributed by atoms with Crippen LogP contribution in [0.1, 0.15) is 114 Å². The summed E-state index contributed by atoms with van der Waals surface area (Å²) in [6, 6.07) is 0. The van der Waals surface area contributed by atoms with Crippen LogP contribution in [-0.2, 0) is 47.5 Å². The van der Waals surface area contributed by atoms with Crippen molar-refractivity contribution >= 4 is 11.9 Å². The van der Waals surface area contributed by atoms with Crippen LogP contribution in [0.2, 0.25) is 0 Å². The van der Waals surface area contributed by atoms with Gasteiger partial charge in [-0.3, -0.25) is 0 Å². The fourth-order valence-corrected chi connectivity index (χ4v) is 16.0. The highest BCUT2D eigenvalue weighted by molar-refractivity contribution is 5.87. The van der Waals surface area contributed by atoms with Crippen molar-refractivity contribution in [2.24, 2.45) is 50.2 Å². The summed E-state index contributed by atoms with van der Waals surface area (Å²) in [6.07, 6.45) is -23.3. The van der Waals surface area contributed by atoms with Gasteiger partial charge in [-0.25, -0.2) is 9.59 Å². The highest BCUT2D eigenvalue weighted by atomic mass is 16.8. The number of rotatable bonds is 13. The van der Waals surface area contributed by atoms with Gasteiger partial charge >= 0.3 is 11.9 Å². The lowest BCUT2D eigenvalue weighted by molar-refractivity contribution is -0.378. The molecule has 0 unspecified atom stereocenters. The van der Waals surface area contributed by atoms with Gasteiger partial charge in [0.1, 0.15) is 73.2 Å². The average Bonchev–Trinajstić information content (AvgIpc) is 3.38. The Morgan fingerprint density at radius 3 is 2.03 bits per heavy atom. The number of esters is 2. The summed E-state index contributed by atoms with van der Waals surface area (Å²) < 4.78 is 47.0. The average molecular weight is 1100 g/mol. The van der Waals surface area contributed by atoms with Gasteiger partial charge in [-0.1, -0.05) is 73.1 Å². The topological polar surface area (TPSA) is 351 Å². The minimum atomic E-state index is -2.00. The number of allylic oxidation sites excluding steroid dienone is 2. The van der Waals surface area contributed by atoms with Crippen molar-refractivity contribution in [3.05, 3.63) is 23.3 Å². The fourth-order valence-electron chi connectivity index (χ4n) is 16.0. The minimum absolute atomic E-state index is 0.0320. The van der Waals surface area contributed by atoms with E-state index in [1.165, 1.54) is 0 Å². The van der Waals surface area contributed by atoms with Crippen molar-refractivity contribution in [1.82, 2.24) is 0 Å². The normalized spacial score (nSPS) is 50.5. The summed E-state index contributed by atoms with van der Waals surface area (Å²) in [7, 11) is 0. The summed E-state index contributed by atoms with van der Waals surface area (Å²) in [5.74, 6) is -2.29. The van der Waals surface area contributed by atoms with Gasteiger partial charge in [0.15, 0.2) is 25.0 Å². The molecule has 8 rings (SSSR count). The molecule has 0 aromatic rings. The molecule has 5 aliphatic carbocycles. The van der Waals surface area contributed by atoms with Crippen LogP contribution < -0.4 is 0 Å². The quantitative estimate of drug-likeness (QED) is 0.0484. The molecule has 0 amide bonds. The number of aliphatic hydroxyl groups excluding tert-OH is 12. The zero-order valence-corrected chi connectivity index (χ0v) is 46.1. The Morgan fingerprint density at radius 2 is 1.39 bits per heavy atom. The fraction of sp³-hybridized carbons (Fsp3) is 0.891. The summed E-state index contributed by atoms with van der Waals surface area (Å²) in [5, 5.41) is 136. The SMILES string of the molecule is C/C=C(\C)C(=O)O[C@H]1[C@H](O)[C@]2(CO)[C@H](O)[C@H](O)[C@]3(C)C(=CC[C@@H]4[C@@]5(C)CC[C@H](O[C@@H]6O[C@H](C(=O)OCCC)[C@@H](O)[C@H](O[C@@H]7O[C@H](CO)[C@@H](O[C@@H]8OC[C@@H](O)[C@H](O)[C@H]8O)[C@H](O)[C@H]7O)[C@H]6O)C(C)(C)[C@@H]5CC[C@]43C)[C@@H]2CC1(C)C. The van der Waals surface area contributed by atoms with Crippen LogP contribution in [0.25, 0.3) is 0 Å². The smallest absolute Gasteiger partial charge is 0.338 e. The number of carbonyl (C=O) groups excluding carboxylic acids is 2. The second kappa shape index (κ2) is 22.1. The highest BCUT2D eigenvalue weighted by Crippen LogP contribution is 2.76. The largest absolute Gasteiger partial charge is 0.464 e. The zero-order chi connectivity index (χ0) is 56.9. The van der Waals surface area contributed by atoms with Crippen LogP contribution in [-0.4, -0.2) is 216 Å². The van der Waals surface area contributed by atoms with Crippen molar-refractivity contribution in [2.75, 3.05) is 26.4 Å². The van der Waals surface area contributed by atoms with E-state index in [1.807, 2.05) is 20.8 Å². The van der Waals surface area contributed by atoms with E-state index in [4.69, 9.17) is 37.9 Å². The summed E-state index contributed by atoms with van der Waals surface area (Å²) in [6.45, 7) is 17.5. The predicted octanol–water partition coefficient (Wildman–Crippen LogP) is -0.386. The Bertz CT molecular complexity index is 2190.